The van der Waals surface area contributed by atoms with Gasteiger partial charge in [0.2, 0.25) is 0 Å². The quantitative estimate of drug-likeness (QED) is 0.616. The van der Waals surface area contributed by atoms with Crippen LogP contribution >= 0.6 is 0 Å². The summed E-state index contributed by atoms with van der Waals surface area (Å²) in [6, 6.07) is 13.4. The van der Waals surface area contributed by atoms with Crippen LogP contribution in [0.4, 0.5) is 5.69 Å². The van der Waals surface area contributed by atoms with E-state index in [4.69, 9.17) is 10.00 Å². The number of nitrogens with zero attached hydrogens (tertiary/aromatic N) is 2. The number of amides is 3. The first-order valence-corrected chi connectivity index (χ1v) is 8.82. The Kier molecular flexibility index (Phi) is 5.41. The van der Waals surface area contributed by atoms with Crippen LogP contribution in [0.25, 0.3) is 0 Å². The van der Waals surface area contributed by atoms with E-state index in [-0.39, 0.29) is 22.4 Å². The minimum atomic E-state index is -1.20. The molecule has 0 aliphatic carbocycles. The monoisotopic (exact) mass is 391 g/mol. The molecule has 0 bridgehead atoms. The van der Waals surface area contributed by atoms with Crippen LogP contribution in [0.1, 0.15) is 40.1 Å². The number of anilines is 1. The van der Waals surface area contributed by atoms with Gasteiger partial charge in [0.15, 0.2) is 6.10 Å². The van der Waals surface area contributed by atoms with Gasteiger partial charge >= 0.3 is 5.97 Å². The lowest BCUT2D eigenvalue weighted by Crippen LogP contribution is -2.45. The van der Waals surface area contributed by atoms with Crippen molar-refractivity contribution in [3.05, 3.63) is 65.2 Å². The fraction of sp³-hybridized carbons (Fsp3) is 0.190. The summed E-state index contributed by atoms with van der Waals surface area (Å²) in [5, 5.41) is 11.6. The molecule has 1 heterocycles. The highest BCUT2D eigenvalue weighted by Gasteiger charge is 2.41. The molecular weight excluding hydrogens is 374 g/mol. The molecule has 0 saturated heterocycles. The number of nitriles is 1. The zero-order chi connectivity index (χ0) is 21.1. The lowest BCUT2D eigenvalue weighted by Gasteiger charge is -2.22. The molecule has 2 aromatic rings. The highest BCUT2D eigenvalue weighted by Crippen LogP contribution is 2.25. The van der Waals surface area contributed by atoms with Crippen molar-refractivity contribution in [2.45, 2.75) is 26.0 Å². The van der Waals surface area contributed by atoms with Gasteiger partial charge in [-0.15, -0.1) is 0 Å². The van der Waals surface area contributed by atoms with Crippen molar-refractivity contribution >= 4 is 29.4 Å². The molecule has 3 amide bonds. The fourth-order valence-corrected chi connectivity index (χ4v) is 2.92. The van der Waals surface area contributed by atoms with E-state index >= 15 is 0 Å². The van der Waals surface area contributed by atoms with Crippen molar-refractivity contribution in [2.75, 3.05) is 5.32 Å². The van der Waals surface area contributed by atoms with Crippen LogP contribution in [-0.4, -0.2) is 40.7 Å². The molecule has 0 fully saturated rings. The van der Waals surface area contributed by atoms with Gasteiger partial charge in [-0.1, -0.05) is 24.3 Å². The van der Waals surface area contributed by atoms with E-state index < -0.39 is 35.8 Å². The Bertz CT molecular complexity index is 1020. The van der Waals surface area contributed by atoms with Crippen molar-refractivity contribution in [3.63, 3.8) is 0 Å². The standard InChI is InChI=1S/C21H17N3O5/c1-12(24-19(26)15-8-4-5-9-16(15)20(24)27)21(28)29-13(2)18(25)23-17-10-6-3-7-14(17)11-22/h3-10,12-13H,1-2H3,(H,23,25)/t12-,13-/m0/s1. The Morgan fingerprint density at radius 1 is 1.00 bits per heavy atom. The van der Waals surface area contributed by atoms with Gasteiger partial charge < -0.3 is 10.1 Å². The summed E-state index contributed by atoms with van der Waals surface area (Å²) in [7, 11) is 0. The zero-order valence-corrected chi connectivity index (χ0v) is 15.7. The van der Waals surface area contributed by atoms with E-state index in [1.807, 2.05) is 6.07 Å². The van der Waals surface area contributed by atoms with Gasteiger partial charge in [-0.05, 0) is 38.1 Å². The van der Waals surface area contributed by atoms with Gasteiger partial charge in [0, 0.05) is 0 Å². The molecular formula is C21H17N3O5. The Hall–Kier alpha value is -3.99. The molecule has 1 N–H and O–H groups in total. The number of carbonyl (C=O) groups excluding carboxylic acids is 4. The first-order valence-electron chi connectivity index (χ1n) is 8.82. The highest BCUT2D eigenvalue weighted by molar-refractivity contribution is 6.22. The van der Waals surface area contributed by atoms with Gasteiger partial charge in [-0.2, -0.15) is 5.26 Å². The third-order valence-electron chi connectivity index (χ3n) is 4.52. The number of hydrogen-bond donors (Lipinski definition) is 1. The van der Waals surface area contributed by atoms with Crippen LogP contribution < -0.4 is 5.32 Å². The largest absolute Gasteiger partial charge is 0.451 e. The number of hydrogen-bond acceptors (Lipinski definition) is 6. The normalized spacial score (nSPS) is 14.6. The van der Waals surface area contributed by atoms with Crippen LogP contribution in [0.15, 0.2) is 48.5 Å². The molecule has 3 rings (SSSR count). The zero-order valence-electron chi connectivity index (χ0n) is 15.7. The van der Waals surface area contributed by atoms with Gasteiger partial charge in [0.1, 0.15) is 12.1 Å². The Morgan fingerprint density at radius 2 is 1.55 bits per heavy atom. The number of esters is 1. The molecule has 8 heteroatoms. The van der Waals surface area contributed by atoms with E-state index in [0.29, 0.717) is 0 Å². The third kappa shape index (κ3) is 3.71. The lowest BCUT2D eigenvalue weighted by atomic mass is 10.1. The number of para-hydroxylation sites is 1. The fourth-order valence-electron chi connectivity index (χ4n) is 2.92. The van der Waals surface area contributed by atoms with Crippen molar-refractivity contribution in [1.82, 2.24) is 4.90 Å². The van der Waals surface area contributed by atoms with Gasteiger partial charge in [0.25, 0.3) is 17.7 Å². The number of benzene rings is 2. The first kappa shape index (κ1) is 19.8. The van der Waals surface area contributed by atoms with E-state index in [0.717, 1.165) is 4.90 Å². The topological polar surface area (TPSA) is 117 Å². The predicted octanol–water partition coefficient (Wildman–Crippen LogP) is 2.11. The average Bonchev–Trinajstić information content (AvgIpc) is 2.98. The molecule has 0 spiro atoms. The molecule has 2 aromatic carbocycles. The summed E-state index contributed by atoms with van der Waals surface area (Å²) in [5.41, 5.74) is 0.988. The maximum Gasteiger partial charge on any atom is 0.329 e. The van der Waals surface area contributed by atoms with Crippen molar-refractivity contribution in [2.24, 2.45) is 0 Å². The van der Waals surface area contributed by atoms with Crippen LogP contribution in [0.5, 0.6) is 0 Å². The maximum atomic E-state index is 12.5. The predicted molar refractivity (Wildman–Crippen MR) is 102 cm³/mol. The van der Waals surface area contributed by atoms with Crippen molar-refractivity contribution < 1.29 is 23.9 Å². The average molecular weight is 391 g/mol. The number of nitrogens with one attached hydrogen (secondary N) is 1. The molecule has 0 radical (unpaired) electrons. The smallest absolute Gasteiger partial charge is 0.329 e. The second-order valence-electron chi connectivity index (χ2n) is 6.43. The van der Waals surface area contributed by atoms with E-state index in [1.54, 1.807) is 30.3 Å². The van der Waals surface area contributed by atoms with Crippen LogP contribution in [-0.2, 0) is 14.3 Å². The number of fused-ring (bicyclic) bond motifs is 1. The highest BCUT2D eigenvalue weighted by atomic mass is 16.5. The Morgan fingerprint density at radius 3 is 2.14 bits per heavy atom. The second-order valence-corrected chi connectivity index (χ2v) is 6.43. The van der Waals surface area contributed by atoms with E-state index in [1.165, 1.54) is 32.0 Å². The molecule has 0 saturated carbocycles. The first-order chi connectivity index (χ1) is 13.8. The molecule has 29 heavy (non-hydrogen) atoms. The van der Waals surface area contributed by atoms with Crippen LogP contribution in [0.2, 0.25) is 0 Å². The van der Waals surface area contributed by atoms with E-state index in [9.17, 15) is 19.2 Å². The Balaban J connectivity index is 1.67. The molecule has 0 unspecified atom stereocenters. The number of carbonyl (C=O) groups is 4. The summed E-state index contributed by atoms with van der Waals surface area (Å²) in [6.45, 7) is 2.72. The molecule has 1 aliphatic rings. The lowest BCUT2D eigenvalue weighted by molar-refractivity contribution is -0.156. The van der Waals surface area contributed by atoms with E-state index in [2.05, 4.69) is 5.32 Å². The number of imide groups is 1. The van der Waals surface area contributed by atoms with Gasteiger partial charge in [-0.3, -0.25) is 19.3 Å². The second kappa shape index (κ2) is 7.94. The molecule has 0 aromatic heterocycles. The van der Waals surface area contributed by atoms with Gasteiger partial charge in [-0.25, -0.2) is 4.79 Å². The summed E-state index contributed by atoms with van der Waals surface area (Å²) in [6.07, 6.45) is -1.20. The summed E-state index contributed by atoms with van der Waals surface area (Å²) in [5.74, 6) is -2.71. The minimum Gasteiger partial charge on any atom is -0.451 e. The molecule has 8 nitrogen and oxygen atoms in total. The summed E-state index contributed by atoms with van der Waals surface area (Å²) >= 11 is 0. The molecule has 2 atom stereocenters. The minimum absolute atomic E-state index is 0.219. The SMILES string of the molecule is C[C@H](OC(=O)[C@H](C)N1C(=O)c2ccccc2C1=O)C(=O)Nc1ccccc1C#N. The van der Waals surface area contributed by atoms with Crippen molar-refractivity contribution in [1.29, 1.82) is 5.26 Å². The number of ether oxygens (including phenoxy) is 1. The third-order valence-corrected chi connectivity index (χ3v) is 4.52. The molecule has 1 aliphatic heterocycles. The van der Waals surface area contributed by atoms with Gasteiger partial charge in [0.05, 0.1) is 22.4 Å². The Labute approximate surface area is 166 Å². The molecule has 146 valence electrons. The van der Waals surface area contributed by atoms with Crippen LogP contribution in [0.3, 0.4) is 0 Å². The maximum absolute atomic E-state index is 12.5. The summed E-state index contributed by atoms with van der Waals surface area (Å²) in [4.78, 5) is 50.5. The van der Waals surface area contributed by atoms with Crippen LogP contribution in [0, 0.1) is 11.3 Å². The number of rotatable bonds is 5. The van der Waals surface area contributed by atoms with Crippen molar-refractivity contribution in [3.8, 4) is 6.07 Å². The summed E-state index contributed by atoms with van der Waals surface area (Å²) < 4.78 is 5.15.